The van der Waals surface area contributed by atoms with Crippen LogP contribution in [0.3, 0.4) is 0 Å². The van der Waals surface area contributed by atoms with Crippen LogP contribution in [-0.2, 0) is 15.7 Å². The maximum Gasteiger partial charge on any atom is 0.416 e. The van der Waals surface area contributed by atoms with E-state index in [1.807, 2.05) is 0 Å². The second-order valence-corrected chi connectivity index (χ2v) is 7.62. The molecule has 0 heterocycles. The Kier molecular flexibility index (Phi) is 8.34. The number of esters is 1. The van der Waals surface area contributed by atoms with Crippen molar-refractivity contribution in [3.63, 3.8) is 0 Å². The van der Waals surface area contributed by atoms with Crippen LogP contribution in [0.5, 0.6) is 11.5 Å². The van der Waals surface area contributed by atoms with E-state index >= 15 is 0 Å². The van der Waals surface area contributed by atoms with E-state index in [0.29, 0.717) is 28.2 Å². The molecule has 35 heavy (non-hydrogen) atoms. The van der Waals surface area contributed by atoms with Crippen LogP contribution < -0.4 is 9.47 Å². The van der Waals surface area contributed by atoms with Gasteiger partial charge < -0.3 is 19.3 Å². The SMILES string of the molecule is CCOC(=O)COc1ccc(OC(CO)c2cc(-c3ccc(C(F)(F)F)cc3)ccc2F)cc1C. The molecule has 3 aromatic rings. The second-order valence-electron chi connectivity index (χ2n) is 7.62. The molecule has 0 bridgehead atoms. The minimum atomic E-state index is -4.46. The van der Waals surface area contributed by atoms with Crippen molar-refractivity contribution < 1.29 is 41.7 Å². The van der Waals surface area contributed by atoms with E-state index in [9.17, 15) is 27.5 Å². The van der Waals surface area contributed by atoms with E-state index in [1.165, 1.54) is 30.3 Å². The number of aliphatic hydroxyl groups is 1. The standard InChI is InChI=1S/C26H24F4O5/c1-3-33-25(32)15-34-23-11-9-20(12-16(23)2)35-24(14-31)21-13-18(6-10-22(21)27)17-4-7-19(8-5-17)26(28,29)30/h4-13,24,31H,3,14-15H2,1-2H3. The highest BCUT2D eigenvalue weighted by molar-refractivity contribution is 5.71. The maximum absolute atomic E-state index is 14.6. The molecule has 0 aliphatic carbocycles. The number of carbonyl (C=O) groups is 1. The second kappa shape index (κ2) is 11.2. The number of aryl methyl sites for hydroxylation is 1. The number of rotatable bonds is 9. The Morgan fingerprint density at radius 1 is 1.00 bits per heavy atom. The predicted octanol–water partition coefficient (Wildman–Crippen LogP) is 5.87. The summed E-state index contributed by atoms with van der Waals surface area (Å²) in [5.74, 6) is -0.382. The van der Waals surface area contributed by atoms with Gasteiger partial charge in [0.2, 0.25) is 0 Å². The monoisotopic (exact) mass is 492 g/mol. The van der Waals surface area contributed by atoms with Crippen molar-refractivity contribution >= 4 is 5.97 Å². The molecule has 3 rings (SSSR count). The van der Waals surface area contributed by atoms with E-state index in [0.717, 1.165) is 12.1 Å². The number of hydrogen-bond acceptors (Lipinski definition) is 5. The van der Waals surface area contributed by atoms with Crippen molar-refractivity contribution in [2.75, 3.05) is 19.8 Å². The average Bonchev–Trinajstić information content (AvgIpc) is 2.82. The Bertz CT molecular complexity index is 1160. The highest BCUT2D eigenvalue weighted by Crippen LogP contribution is 2.33. The van der Waals surface area contributed by atoms with Gasteiger partial charge in [-0.25, -0.2) is 9.18 Å². The van der Waals surface area contributed by atoms with Crippen LogP contribution in [0.25, 0.3) is 11.1 Å². The molecule has 1 atom stereocenters. The largest absolute Gasteiger partial charge is 0.483 e. The van der Waals surface area contributed by atoms with Gasteiger partial charge in [0.15, 0.2) is 6.61 Å². The summed E-state index contributed by atoms with van der Waals surface area (Å²) in [7, 11) is 0. The lowest BCUT2D eigenvalue weighted by Gasteiger charge is -2.20. The van der Waals surface area contributed by atoms with Crippen molar-refractivity contribution in [2.24, 2.45) is 0 Å². The third-order valence-electron chi connectivity index (χ3n) is 5.13. The first-order valence-electron chi connectivity index (χ1n) is 10.8. The van der Waals surface area contributed by atoms with Gasteiger partial charge in [-0.3, -0.25) is 0 Å². The zero-order valence-electron chi connectivity index (χ0n) is 19.1. The number of benzene rings is 3. The highest BCUT2D eigenvalue weighted by atomic mass is 19.4. The lowest BCUT2D eigenvalue weighted by molar-refractivity contribution is -0.145. The molecule has 0 aromatic heterocycles. The molecule has 0 aliphatic heterocycles. The first-order chi connectivity index (χ1) is 16.6. The van der Waals surface area contributed by atoms with Crippen LogP contribution in [0.2, 0.25) is 0 Å². The van der Waals surface area contributed by atoms with Crippen LogP contribution in [-0.4, -0.2) is 30.9 Å². The van der Waals surface area contributed by atoms with Gasteiger partial charge in [0.25, 0.3) is 0 Å². The zero-order chi connectivity index (χ0) is 25.6. The van der Waals surface area contributed by atoms with Crippen LogP contribution in [0.15, 0.2) is 60.7 Å². The molecular formula is C26H24F4O5. The molecule has 0 radical (unpaired) electrons. The smallest absolute Gasteiger partial charge is 0.416 e. The van der Waals surface area contributed by atoms with Gasteiger partial charge in [0, 0.05) is 5.56 Å². The first kappa shape index (κ1) is 26.0. The van der Waals surface area contributed by atoms with Gasteiger partial charge in [-0.05, 0) is 73.0 Å². The molecule has 9 heteroatoms. The fourth-order valence-corrected chi connectivity index (χ4v) is 3.38. The van der Waals surface area contributed by atoms with Gasteiger partial charge in [-0.15, -0.1) is 0 Å². The third-order valence-corrected chi connectivity index (χ3v) is 5.13. The molecule has 0 aliphatic rings. The van der Waals surface area contributed by atoms with E-state index in [1.54, 1.807) is 32.0 Å². The van der Waals surface area contributed by atoms with E-state index in [4.69, 9.17) is 14.2 Å². The van der Waals surface area contributed by atoms with Gasteiger partial charge in [-0.1, -0.05) is 18.2 Å². The first-order valence-corrected chi connectivity index (χ1v) is 10.8. The summed E-state index contributed by atoms with van der Waals surface area (Å²) in [6.45, 7) is 2.86. The Morgan fingerprint density at radius 2 is 1.69 bits per heavy atom. The summed E-state index contributed by atoms with van der Waals surface area (Å²) in [6.07, 6.45) is -5.53. The summed E-state index contributed by atoms with van der Waals surface area (Å²) in [6, 6.07) is 13.3. The number of alkyl halides is 3. The van der Waals surface area contributed by atoms with Crippen LogP contribution in [0, 0.1) is 12.7 Å². The molecule has 5 nitrogen and oxygen atoms in total. The Balaban J connectivity index is 1.79. The number of ether oxygens (including phenoxy) is 3. The molecule has 0 saturated heterocycles. The Morgan fingerprint density at radius 3 is 2.29 bits per heavy atom. The highest BCUT2D eigenvalue weighted by Gasteiger charge is 2.30. The normalized spacial score (nSPS) is 12.2. The molecule has 0 saturated carbocycles. The fourth-order valence-electron chi connectivity index (χ4n) is 3.38. The van der Waals surface area contributed by atoms with Crippen molar-refractivity contribution in [1.29, 1.82) is 0 Å². The molecular weight excluding hydrogens is 468 g/mol. The lowest BCUT2D eigenvalue weighted by Crippen LogP contribution is -2.15. The van der Waals surface area contributed by atoms with Gasteiger partial charge in [0.05, 0.1) is 18.8 Å². The van der Waals surface area contributed by atoms with E-state index in [-0.39, 0.29) is 18.8 Å². The molecule has 0 amide bonds. The summed E-state index contributed by atoms with van der Waals surface area (Å²) in [5.41, 5.74) is 0.823. The predicted molar refractivity (Wildman–Crippen MR) is 121 cm³/mol. The summed E-state index contributed by atoms with van der Waals surface area (Å²) >= 11 is 0. The molecule has 1 N–H and O–H groups in total. The molecule has 0 spiro atoms. The number of aliphatic hydroxyl groups excluding tert-OH is 1. The van der Waals surface area contributed by atoms with E-state index < -0.39 is 36.2 Å². The van der Waals surface area contributed by atoms with Crippen molar-refractivity contribution in [1.82, 2.24) is 0 Å². The molecule has 186 valence electrons. The van der Waals surface area contributed by atoms with Crippen molar-refractivity contribution in [3.05, 3.63) is 83.2 Å². The topological polar surface area (TPSA) is 65.0 Å². The lowest BCUT2D eigenvalue weighted by atomic mass is 9.99. The van der Waals surface area contributed by atoms with Crippen LogP contribution in [0.4, 0.5) is 17.6 Å². The van der Waals surface area contributed by atoms with Gasteiger partial charge >= 0.3 is 12.1 Å². The number of hydrogen-bond donors (Lipinski definition) is 1. The summed E-state index contributed by atoms with van der Waals surface area (Å²) in [4.78, 5) is 11.5. The van der Waals surface area contributed by atoms with Crippen molar-refractivity contribution in [2.45, 2.75) is 26.1 Å². The third kappa shape index (κ3) is 6.73. The molecule has 3 aromatic carbocycles. The fraction of sp³-hybridized carbons (Fsp3) is 0.269. The number of carbonyl (C=O) groups excluding carboxylic acids is 1. The quantitative estimate of drug-likeness (QED) is 0.299. The van der Waals surface area contributed by atoms with E-state index in [2.05, 4.69) is 0 Å². The summed E-state index contributed by atoms with van der Waals surface area (Å²) in [5, 5.41) is 9.88. The zero-order valence-corrected chi connectivity index (χ0v) is 19.1. The van der Waals surface area contributed by atoms with Crippen LogP contribution in [0.1, 0.15) is 29.7 Å². The van der Waals surface area contributed by atoms with Crippen LogP contribution >= 0.6 is 0 Å². The average molecular weight is 492 g/mol. The number of halogens is 4. The Labute approximate surface area is 199 Å². The molecule has 1 unspecified atom stereocenters. The minimum absolute atomic E-state index is 0.0465. The van der Waals surface area contributed by atoms with Gasteiger partial charge in [-0.2, -0.15) is 13.2 Å². The minimum Gasteiger partial charge on any atom is -0.483 e. The summed E-state index contributed by atoms with van der Waals surface area (Å²) < 4.78 is 69.2. The van der Waals surface area contributed by atoms with Crippen molar-refractivity contribution in [3.8, 4) is 22.6 Å². The molecule has 0 fully saturated rings. The Hall–Kier alpha value is -3.59. The maximum atomic E-state index is 14.6. The van der Waals surface area contributed by atoms with Gasteiger partial charge in [0.1, 0.15) is 23.4 Å².